The number of hydrogen-bond donors (Lipinski definition) is 0. The summed E-state index contributed by atoms with van der Waals surface area (Å²) in [6.45, 7) is 5.42. The highest BCUT2D eigenvalue weighted by Gasteiger charge is 2.56. The van der Waals surface area contributed by atoms with Gasteiger partial charge in [-0.1, -0.05) is 12.8 Å². The number of hydrogen-bond acceptors (Lipinski definition) is 3. The van der Waals surface area contributed by atoms with E-state index in [9.17, 15) is 14.0 Å². The van der Waals surface area contributed by atoms with E-state index in [1.165, 1.54) is 12.8 Å². The summed E-state index contributed by atoms with van der Waals surface area (Å²) >= 11 is 0. The fourth-order valence-corrected chi connectivity index (χ4v) is 4.16. The van der Waals surface area contributed by atoms with Crippen molar-refractivity contribution in [3.8, 4) is 0 Å². The predicted molar refractivity (Wildman–Crippen MR) is 80.2 cm³/mol. The number of carbonyl (C=O) groups excluding carboxylic acids is 2. The summed E-state index contributed by atoms with van der Waals surface area (Å²) in [4.78, 5) is 25.6. The van der Waals surface area contributed by atoms with Gasteiger partial charge in [-0.15, -0.1) is 0 Å². The molecule has 5 heteroatoms. The van der Waals surface area contributed by atoms with Crippen molar-refractivity contribution in [2.75, 3.05) is 0 Å². The molecule has 0 aromatic heterocycles. The maximum atomic E-state index is 14.8. The van der Waals surface area contributed by atoms with Crippen LogP contribution >= 0.6 is 0 Å². The van der Waals surface area contributed by atoms with Gasteiger partial charge in [-0.25, -0.2) is 9.18 Å². The van der Waals surface area contributed by atoms with Crippen LogP contribution in [0.2, 0.25) is 0 Å². The molecule has 0 aromatic rings. The fraction of sp³-hybridized carbons (Fsp3) is 0.882. The number of halogens is 1. The van der Waals surface area contributed by atoms with Gasteiger partial charge in [0.2, 0.25) is 0 Å². The molecule has 2 saturated heterocycles. The molecule has 2 unspecified atom stereocenters. The van der Waals surface area contributed by atoms with Crippen molar-refractivity contribution >= 4 is 12.4 Å². The fourth-order valence-electron chi connectivity index (χ4n) is 4.16. The molecule has 0 aromatic carbocycles. The number of carbonyl (C=O) groups is 2. The van der Waals surface area contributed by atoms with E-state index < -0.39 is 23.9 Å². The summed E-state index contributed by atoms with van der Waals surface area (Å²) in [7, 11) is 0. The van der Waals surface area contributed by atoms with Crippen molar-refractivity contribution < 1.29 is 18.7 Å². The molecule has 2 bridgehead atoms. The van der Waals surface area contributed by atoms with Gasteiger partial charge in [-0.3, -0.25) is 4.90 Å². The number of rotatable bonds is 3. The highest BCUT2D eigenvalue weighted by Crippen LogP contribution is 2.49. The number of aldehydes is 1. The smallest absolute Gasteiger partial charge is 0.411 e. The van der Waals surface area contributed by atoms with Gasteiger partial charge in [-0.05, 0) is 46.0 Å². The first-order valence-electron chi connectivity index (χ1n) is 8.42. The van der Waals surface area contributed by atoms with Crippen molar-refractivity contribution in [1.29, 1.82) is 0 Å². The number of alkyl halides is 1. The molecule has 1 amide bonds. The van der Waals surface area contributed by atoms with Gasteiger partial charge in [0.05, 0.1) is 6.04 Å². The third-order valence-corrected chi connectivity index (χ3v) is 5.27. The predicted octanol–water partition coefficient (Wildman–Crippen LogP) is 3.34. The first-order valence-corrected chi connectivity index (χ1v) is 8.42. The monoisotopic (exact) mass is 311 g/mol. The van der Waals surface area contributed by atoms with Crippen molar-refractivity contribution in [3.05, 3.63) is 0 Å². The minimum Gasteiger partial charge on any atom is -0.444 e. The highest BCUT2D eigenvalue weighted by atomic mass is 19.1. The zero-order chi connectivity index (χ0) is 16.1. The average molecular weight is 311 g/mol. The van der Waals surface area contributed by atoms with E-state index >= 15 is 0 Å². The number of ether oxygens (including phenoxy) is 1. The lowest BCUT2D eigenvalue weighted by molar-refractivity contribution is -0.134. The molecule has 4 fully saturated rings. The molecule has 2 aliphatic heterocycles. The van der Waals surface area contributed by atoms with Crippen molar-refractivity contribution in [2.45, 2.75) is 76.7 Å². The highest BCUT2D eigenvalue weighted by molar-refractivity contribution is 5.75. The molecule has 4 rings (SSSR count). The van der Waals surface area contributed by atoms with Crippen LogP contribution in [-0.2, 0) is 9.53 Å². The zero-order valence-electron chi connectivity index (χ0n) is 13.6. The molecule has 4 aliphatic rings. The number of piperidine rings is 2. The molecule has 4 nitrogen and oxygen atoms in total. The zero-order valence-corrected chi connectivity index (χ0v) is 13.6. The van der Waals surface area contributed by atoms with Gasteiger partial charge in [0.25, 0.3) is 0 Å². The van der Waals surface area contributed by atoms with Crippen LogP contribution in [0.3, 0.4) is 0 Å². The SMILES string of the molecule is CC(C)(C)OC(=O)N1C2CCC([C@H]1C=O)[C@H](F)[C@@H]2CC1CC1. The second-order valence-electron chi connectivity index (χ2n) is 8.11. The van der Waals surface area contributed by atoms with Crippen molar-refractivity contribution in [3.63, 3.8) is 0 Å². The Hall–Kier alpha value is -1.13. The van der Waals surface area contributed by atoms with E-state index in [1.54, 1.807) is 4.90 Å². The van der Waals surface area contributed by atoms with Crippen LogP contribution in [-0.4, -0.2) is 41.1 Å². The topological polar surface area (TPSA) is 46.6 Å². The molecule has 5 atom stereocenters. The lowest BCUT2D eigenvalue weighted by atomic mass is 9.66. The van der Waals surface area contributed by atoms with Crippen LogP contribution in [0, 0.1) is 17.8 Å². The Bertz CT molecular complexity index is 457. The normalized spacial score (nSPS) is 38.0. The van der Waals surface area contributed by atoms with Crippen molar-refractivity contribution in [1.82, 2.24) is 4.90 Å². The summed E-state index contributed by atoms with van der Waals surface area (Å²) in [6.07, 6.45) is 3.96. The largest absolute Gasteiger partial charge is 0.444 e. The van der Waals surface area contributed by atoms with E-state index in [0.29, 0.717) is 12.3 Å². The van der Waals surface area contributed by atoms with Gasteiger partial charge >= 0.3 is 6.09 Å². The number of fused-ring (bicyclic) bond motifs is 3. The molecule has 22 heavy (non-hydrogen) atoms. The molecule has 0 radical (unpaired) electrons. The summed E-state index contributed by atoms with van der Waals surface area (Å²) in [5, 5.41) is 0. The van der Waals surface area contributed by atoms with E-state index in [-0.39, 0.29) is 17.9 Å². The molecule has 2 saturated carbocycles. The Labute approximate surface area is 131 Å². The number of amides is 1. The van der Waals surface area contributed by atoms with Crippen LogP contribution in [0.15, 0.2) is 0 Å². The molecule has 2 aliphatic carbocycles. The van der Waals surface area contributed by atoms with Crippen LogP contribution < -0.4 is 0 Å². The Morgan fingerprint density at radius 1 is 1.27 bits per heavy atom. The first kappa shape index (κ1) is 15.8. The molecular formula is C17H26FNO3. The maximum Gasteiger partial charge on any atom is 0.411 e. The summed E-state index contributed by atoms with van der Waals surface area (Å²) in [6, 6.07) is -0.857. The second-order valence-corrected chi connectivity index (χ2v) is 8.11. The Kier molecular flexibility index (Phi) is 3.94. The lowest BCUT2D eigenvalue weighted by Gasteiger charge is -2.54. The van der Waals surface area contributed by atoms with Crippen LogP contribution in [0.25, 0.3) is 0 Å². The van der Waals surface area contributed by atoms with Gasteiger partial charge in [0.1, 0.15) is 18.1 Å². The summed E-state index contributed by atoms with van der Waals surface area (Å²) < 4.78 is 20.3. The van der Waals surface area contributed by atoms with Gasteiger partial charge in [-0.2, -0.15) is 0 Å². The third kappa shape index (κ3) is 2.86. The Morgan fingerprint density at radius 2 is 1.95 bits per heavy atom. The molecule has 2 heterocycles. The average Bonchev–Trinajstić information content (AvgIpc) is 3.23. The van der Waals surface area contributed by atoms with Crippen LogP contribution in [0.1, 0.15) is 52.9 Å². The van der Waals surface area contributed by atoms with Crippen LogP contribution in [0.4, 0.5) is 9.18 Å². The summed E-state index contributed by atoms with van der Waals surface area (Å²) in [5.41, 5.74) is -0.609. The second kappa shape index (κ2) is 5.50. The van der Waals surface area contributed by atoms with E-state index in [2.05, 4.69) is 0 Å². The minimum atomic E-state index is -0.965. The molecule has 0 spiro atoms. The van der Waals surface area contributed by atoms with Gasteiger partial charge < -0.3 is 9.53 Å². The first-order chi connectivity index (χ1) is 10.3. The van der Waals surface area contributed by atoms with Gasteiger partial charge in [0.15, 0.2) is 0 Å². The number of nitrogens with zero attached hydrogens (tertiary/aromatic N) is 1. The Balaban J connectivity index is 1.82. The standard InChI is InChI=1S/C17H26FNO3/c1-17(2,3)22-16(21)19-13-7-6-11(14(19)9-20)15(18)12(13)8-10-4-5-10/h9-15H,4-8H2,1-3H3/t11?,12-,13?,14-,15+/m1/s1. The molecule has 0 N–H and O–H groups in total. The van der Waals surface area contributed by atoms with E-state index in [0.717, 1.165) is 19.1 Å². The van der Waals surface area contributed by atoms with E-state index in [1.807, 2.05) is 20.8 Å². The lowest BCUT2D eigenvalue weighted by Crippen LogP contribution is -2.66. The molecular weight excluding hydrogens is 285 g/mol. The summed E-state index contributed by atoms with van der Waals surface area (Å²) in [5.74, 6) is 0.117. The minimum absolute atomic E-state index is 0.130. The van der Waals surface area contributed by atoms with Crippen molar-refractivity contribution in [2.24, 2.45) is 17.8 Å². The van der Waals surface area contributed by atoms with Gasteiger partial charge in [0, 0.05) is 17.9 Å². The molecule has 124 valence electrons. The quantitative estimate of drug-likeness (QED) is 0.751. The third-order valence-electron chi connectivity index (χ3n) is 5.27. The maximum absolute atomic E-state index is 14.8. The Morgan fingerprint density at radius 3 is 2.50 bits per heavy atom. The van der Waals surface area contributed by atoms with Crippen LogP contribution in [0.5, 0.6) is 0 Å². The van der Waals surface area contributed by atoms with E-state index in [4.69, 9.17) is 4.74 Å².